The lowest BCUT2D eigenvalue weighted by molar-refractivity contribution is 0.432. The summed E-state index contributed by atoms with van der Waals surface area (Å²) < 4.78 is 0. The van der Waals surface area contributed by atoms with Crippen LogP contribution in [-0.4, -0.2) is 51.7 Å². The van der Waals surface area contributed by atoms with Crippen LogP contribution in [0.25, 0.3) is 11.0 Å². The van der Waals surface area contributed by atoms with E-state index in [1.807, 2.05) is 79.5 Å². The average molecular weight is 523 g/mol. The minimum absolute atomic E-state index is 0.356. The molecule has 0 unspecified atom stereocenters. The van der Waals surface area contributed by atoms with Crippen molar-refractivity contribution in [2.24, 2.45) is 0 Å². The number of nitrogens with one attached hydrogen (secondary N) is 3. The van der Waals surface area contributed by atoms with E-state index in [1.165, 1.54) is 32.3 Å². The van der Waals surface area contributed by atoms with Gasteiger partial charge in [0, 0.05) is 24.8 Å². The van der Waals surface area contributed by atoms with E-state index in [-0.39, 0.29) is 0 Å². The average Bonchev–Trinajstić information content (AvgIpc) is 3.68. The minimum Gasteiger partial charge on any atom is -0.383 e. The predicted octanol–water partition coefficient (Wildman–Crippen LogP) is 5.09. The largest absolute Gasteiger partial charge is 0.383 e. The summed E-state index contributed by atoms with van der Waals surface area (Å²) >= 11 is 0. The number of rotatable bonds is 6. The Morgan fingerprint density at radius 2 is 1.79 bits per heavy atom. The van der Waals surface area contributed by atoms with Crippen LogP contribution in [0.1, 0.15) is 36.1 Å². The maximum Gasteiger partial charge on any atom is 0.187 e. The summed E-state index contributed by atoms with van der Waals surface area (Å²) in [7, 11) is 1.99. The molecule has 0 aliphatic carbocycles. The number of anilines is 2. The first-order valence-electron chi connectivity index (χ1n) is 13.1. The Hall–Kier alpha value is -4.61. The summed E-state index contributed by atoms with van der Waals surface area (Å²) in [5.41, 5.74) is 9.91. The van der Waals surface area contributed by atoms with E-state index < -0.39 is 0 Å². The first-order chi connectivity index (χ1) is 19.0. The molecule has 3 heterocycles. The zero-order valence-electron chi connectivity index (χ0n) is 22.9. The molecule has 0 spiro atoms. The standard InChI is InChI=1S/C21H23N7.C6H6.C4H9N/c1-5-6-11-28(4)15(3)25-17-9-7-14(2)16(12-17)8-10-18-19-20(22)23-13-24-21(19)27-26-18;1-2-4-6-5-3-1;1-2-4-5-3-1/h5,7,9,12-13,25H,1,3,6,11H2,2,4H3,(H3,22,23,24,26,27);1-6H;5H,1-4H2. The monoisotopic (exact) mass is 522 g/mol. The van der Waals surface area contributed by atoms with Crippen LogP contribution in [0.5, 0.6) is 0 Å². The topological polar surface area (TPSA) is 108 Å². The Morgan fingerprint density at radius 3 is 2.41 bits per heavy atom. The van der Waals surface area contributed by atoms with Gasteiger partial charge in [-0.05, 0) is 62.9 Å². The van der Waals surface area contributed by atoms with E-state index in [4.69, 9.17) is 5.73 Å². The van der Waals surface area contributed by atoms with Crippen molar-refractivity contribution in [2.45, 2.75) is 26.2 Å². The van der Waals surface area contributed by atoms with Crippen molar-refractivity contribution < 1.29 is 0 Å². The van der Waals surface area contributed by atoms with Crippen LogP contribution in [0.3, 0.4) is 0 Å². The van der Waals surface area contributed by atoms with Crippen LogP contribution in [0.2, 0.25) is 0 Å². The molecule has 5 N–H and O–H groups in total. The summed E-state index contributed by atoms with van der Waals surface area (Å²) in [6.45, 7) is 13.2. The van der Waals surface area contributed by atoms with Gasteiger partial charge in [0.1, 0.15) is 17.8 Å². The lowest BCUT2D eigenvalue weighted by Crippen LogP contribution is -2.22. The minimum atomic E-state index is 0.356. The van der Waals surface area contributed by atoms with Gasteiger partial charge >= 0.3 is 0 Å². The molecule has 0 atom stereocenters. The van der Waals surface area contributed by atoms with Crippen LogP contribution >= 0.6 is 0 Å². The molecule has 2 aromatic carbocycles. The summed E-state index contributed by atoms with van der Waals surface area (Å²) in [4.78, 5) is 10.1. The Kier molecular flexibility index (Phi) is 11.6. The molecule has 1 aliphatic heterocycles. The molecule has 1 aliphatic rings. The van der Waals surface area contributed by atoms with Gasteiger partial charge in [-0.2, -0.15) is 5.10 Å². The fourth-order valence-electron chi connectivity index (χ4n) is 3.63. The van der Waals surface area contributed by atoms with E-state index in [0.717, 1.165) is 35.6 Å². The van der Waals surface area contributed by atoms with Crippen LogP contribution < -0.4 is 16.4 Å². The van der Waals surface area contributed by atoms with Crippen LogP contribution in [0.4, 0.5) is 11.5 Å². The number of hydrogen-bond donors (Lipinski definition) is 4. The molecule has 0 bridgehead atoms. The highest BCUT2D eigenvalue weighted by atomic mass is 15.2. The van der Waals surface area contributed by atoms with Gasteiger partial charge < -0.3 is 21.3 Å². The number of fused-ring (bicyclic) bond motifs is 1. The zero-order valence-corrected chi connectivity index (χ0v) is 22.9. The Balaban J connectivity index is 0.000000313. The maximum atomic E-state index is 5.93. The number of aryl methyl sites for hydroxylation is 1. The normalized spacial score (nSPS) is 11.6. The molecule has 2 aromatic heterocycles. The predicted molar refractivity (Wildman–Crippen MR) is 162 cm³/mol. The molecular formula is C31H38N8. The number of nitrogens with two attached hydrogens (primary N) is 1. The summed E-state index contributed by atoms with van der Waals surface area (Å²) in [6, 6.07) is 18.0. The van der Waals surface area contributed by atoms with Crippen molar-refractivity contribution in [1.82, 2.24) is 30.4 Å². The highest BCUT2D eigenvalue weighted by Gasteiger charge is 2.09. The van der Waals surface area contributed by atoms with Gasteiger partial charge in [-0.3, -0.25) is 5.10 Å². The Bertz CT molecular complexity index is 1360. The van der Waals surface area contributed by atoms with Crippen LogP contribution in [0, 0.1) is 18.8 Å². The van der Waals surface area contributed by atoms with Gasteiger partial charge in [0.05, 0.1) is 11.2 Å². The number of hydrogen-bond acceptors (Lipinski definition) is 7. The molecule has 5 rings (SSSR count). The molecule has 0 amide bonds. The Labute approximate surface area is 231 Å². The quantitative estimate of drug-likeness (QED) is 0.206. The molecule has 1 fully saturated rings. The van der Waals surface area contributed by atoms with E-state index in [9.17, 15) is 0 Å². The van der Waals surface area contributed by atoms with Gasteiger partial charge in [-0.1, -0.05) is 61.0 Å². The number of aromatic nitrogens is 4. The SMILES string of the molecule is C1CCNC1.C=CCCN(C)C(=C)Nc1ccc(C)c(C#Cc2[nH]nc3ncnc(N)c23)c1.c1ccccc1. The second kappa shape index (κ2) is 15.6. The second-order valence-electron chi connectivity index (χ2n) is 9.02. The summed E-state index contributed by atoms with van der Waals surface area (Å²) in [6.07, 6.45) is 6.95. The van der Waals surface area contributed by atoms with Crippen molar-refractivity contribution in [2.75, 3.05) is 37.7 Å². The van der Waals surface area contributed by atoms with Crippen molar-refractivity contribution in [3.63, 3.8) is 0 Å². The molecule has 202 valence electrons. The van der Waals surface area contributed by atoms with E-state index in [0.29, 0.717) is 22.5 Å². The number of H-pyrrole nitrogens is 1. The first kappa shape index (κ1) is 29.0. The molecule has 8 nitrogen and oxygen atoms in total. The number of nitrogens with zero attached hydrogens (tertiary/aromatic N) is 4. The van der Waals surface area contributed by atoms with Gasteiger partial charge in [0.2, 0.25) is 0 Å². The number of benzene rings is 2. The summed E-state index contributed by atoms with van der Waals surface area (Å²) in [5.74, 6) is 7.45. The highest BCUT2D eigenvalue weighted by molar-refractivity contribution is 5.90. The van der Waals surface area contributed by atoms with Crippen molar-refractivity contribution >= 4 is 22.5 Å². The zero-order chi connectivity index (χ0) is 27.9. The van der Waals surface area contributed by atoms with Crippen LogP contribution in [-0.2, 0) is 0 Å². The molecule has 0 radical (unpaired) electrons. The number of nitrogen functional groups attached to an aromatic ring is 1. The van der Waals surface area contributed by atoms with Gasteiger partial charge in [0.25, 0.3) is 0 Å². The fraction of sp³-hybridized carbons (Fsp3) is 0.258. The summed E-state index contributed by atoms with van der Waals surface area (Å²) in [5, 5.41) is 14.2. The second-order valence-corrected chi connectivity index (χ2v) is 9.02. The third kappa shape index (κ3) is 9.33. The van der Waals surface area contributed by atoms with E-state index >= 15 is 0 Å². The van der Waals surface area contributed by atoms with E-state index in [1.54, 1.807) is 0 Å². The third-order valence-electron chi connectivity index (χ3n) is 5.98. The molecular weight excluding hydrogens is 484 g/mol. The molecule has 0 saturated carbocycles. The lowest BCUT2D eigenvalue weighted by atomic mass is 10.1. The molecule has 4 aromatic rings. The van der Waals surface area contributed by atoms with Crippen molar-refractivity contribution in [1.29, 1.82) is 0 Å². The van der Waals surface area contributed by atoms with Gasteiger partial charge in [-0.15, -0.1) is 6.58 Å². The fourth-order valence-corrected chi connectivity index (χ4v) is 3.63. The van der Waals surface area contributed by atoms with Crippen molar-refractivity contribution in [3.8, 4) is 11.8 Å². The van der Waals surface area contributed by atoms with E-state index in [2.05, 4.69) is 55.8 Å². The van der Waals surface area contributed by atoms with Gasteiger partial charge in [-0.25, -0.2) is 9.97 Å². The Morgan fingerprint density at radius 1 is 1.10 bits per heavy atom. The third-order valence-corrected chi connectivity index (χ3v) is 5.98. The smallest absolute Gasteiger partial charge is 0.187 e. The maximum absolute atomic E-state index is 5.93. The highest BCUT2D eigenvalue weighted by Crippen LogP contribution is 2.19. The van der Waals surface area contributed by atoms with Crippen molar-refractivity contribution in [3.05, 3.63) is 103 Å². The van der Waals surface area contributed by atoms with Gasteiger partial charge in [0.15, 0.2) is 5.65 Å². The molecule has 8 heteroatoms. The first-order valence-corrected chi connectivity index (χ1v) is 13.1. The molecule has 39 heavy (non-hydrogen) atoms. The number of aromatic amines is 1. The van der Waals surface area contributed by atoms with Crippen LogP contribution in [0.15, 0.2) is 86.0 Å². The lowest BCUT2D eigenvalue weighted by Gasteiger charge is -2.22. The molecule has 1 saturated heterocycles.